The fraction of sp³-hybridized carbons (Fsp3) is 0.692. The van der Waals surface area contributed by atoms with E-state index in [1.165, 1.54) is 25.9 Å². The molecule has 6 heteroatoms. The van der Waals surface area contributed by atoms with E-state index in [-0.39, 0.29) is 0 Å². The Balaban J connectivity index is 1.84. The van der Waals surface area contributed by atoms with Gasteiger partial charge in [-0.2, -0.15) is 0 Å². The molecule has 0 unspecified atom stereocenters. The number of likely N-dealkylation sites (tertiary alicyclic amines) is 1. The number of hydrazine groups is 1. The molecule has 6 nitrogen and oxygen atoms in total. The molecule has 0 bridgehead atoms. The van der Waals surface area contributed by atoms with Crippen molar-refractivity contribution < 1.29 is 0 Å². The molecule has 0 spiro atoms. The average Bonchev–Trinajstić information content (AvgIpc) is 2.48. The first-order chi connectivity index (χ1) is 9.22. The number of rotatable bonds is 5. The fourth-order valence-electron chi connectivity index (χ4n) is 2.57. The predicted octanol–water partition coefficient (Wildman–Crippen LogP) is 0.678. The van der Waals surface area contributed by atoms with E-state index >= 15 is 0 Å². The highest BCUT2D eigenvalue weighted by atomic mass is 15.3. The van der Waals surface area contributed by atoms with Crippen molar-refractivity contribution in [1.29, 1.82) is 0 Å². The molecular formula is C13H24N6. The Hall–Kier alpha value is -1.24. The zero-order chi connectivity index (χ0) is 13.7. The Bertz CT molecular complexity index is 371. The van der Waals surface area contributed by atoms with E-state index in [1.54, 1.807) is 12.4 Å². The third kappa shape index (κ3) is 3.86. The third-order valence-electron chi connectivity index (χ3n) is 3.89. The Morgan fingerprint density at radius 3 is 2.63 bits per heavy atom. The van der Waals surface area contributed by atoms with E-state index in [9.17, 15) is 0 Å². The topological polar surface area (TPSA) is 70.3 Å². The minimum absolute atomic E-state index is 0.600. The van der Waals surface area contributed by atoms with Gasteiger partial charge in [-0.25, -0.2) is 10.8 Å². The maximum absolute atomic E-state index is 5.28. The molecule has 0 saturated carbocycles. The third-order valence-corrected chi connectivity index (χ3v) is 3.89. The van der Waals surface area contributed by atoms with Crippen LogP contribution in [0.3, 0.4) is 0 Å². The van der Waals surface area contributed by atoms with Gasteiger partial charge < -0.3 is 10.3 Å². The number of nitrogen functional groups attached to an aromatic ring is 1. The summed E-state index contributed by atoms with van der Waals surface area (Å²) >= 11 is 0. The molecule has 1 aromatic rings. The molecule has 1 saturated heterocycles. The number of anilines is 1. The zero-order valence-electron chi connectivity index (χ0n) is 11.8. The van der Waals surface area contributed by atoms with E-state index in [2.05, 4.69) is 39.2 Å². The molecule has 2 heterocycles. The van der Waals surface area contributed by atoms with E-state index in [1.807, 2.05) is 0 Å². The van der Waals surface area contributed by atoms with Crippen LogP contribution in [0.25, 0.3) is 0 Å². The smallest absolute Gasteiger partial charge is 0.158 e. The van der Waals surface area contributed by atoms with E-state index in [4.69, 9.17) is 5.84 Å². The minimum atomic E-state index is 0.600. The Labute approximate surface area is 115 Å². The summed E-state index contributed by atoms with van der Waals surface area (Å²) in [7, 11) is 2.17. The number of nitrogens with zero attached hydrogens (tertiary/aromatic N) is 4. The van der Waals surface area contributed by atoms with Crippen LogP contribution < -0.4 is 11.3 Å². The first-order valence-corrected chi connectivity index (χ1v) is 6.93. The summed E-state index contributed by atoms with van der Waals surface area (Å²) in [5.74, 6) is 5.88. The van der Waals surface area contributed by atoms with Crippen molar-refractivity contribution in [1.82, 2.24) is 19.8 Å². The summed E-state index contributed by atoms with van der Waals surface area (Å²) in [6.45, 7) is 6.64. The van der Waals surface area contributed by atoms with Crippen molar-refractivity contribution in [3.05, 3.63) is 18.1 Å². The molecular weight excluding hydrogens is 240 g/mol. The second-order valence-electron chi connectivity index (χ2n) is 5.12. The number of nitrogens with one attached hydrogen (secondary N) is 1. The van der Waals surface area contributed by atoms with Gasteiger partial charge in [0.05, 0.1) is 18.1 Å². The number of hydrogen-bond donors (Lipinski definition) is 2. The standard InChI is InChI=1S/C13H24N6/c1-3-19-6-4-12(5-7-19)18(2)10-11-8-16-13(17-14)9-15-11/h8-9,12H,3-7,10,14H2,1-2H3,(H,16,17). The van der Waals surface area contributed by atoms with Crippen LogP contribution in [0.5, 0.6) is 0 Å². The lowest BCUT2D eigenvalue weighted by Gasteiger charge is -2.36. The quantitative estimate of drug-likeness (QED) is 0.602. The number of hydrogen-bond acceptors (Lipinski definition) is 6. The van der Waals surface area contributed by atoms with Gasteiger partial charge >= 0.3 is 0 Å². The van der Waals surface area contributed by atoms with Gasteiger partial charge in [-0.05, 0) is 39.5 Å². The average molecular weight is 264 g/mol. The van der Waals surface area contributed by atoms with Gasteiger partial charge in [-0.1, -0.05) is 6.92 Å². The maximum Gasteiger partial charge on any atom is 0.158 e. The van der Waals surface area contributed by atoms with Crippen molar-refractivity contribution in [2.75, 3.05) is 32.1 Å². The lowest BCUT2D eigenvalue weighted by molar-refractivity contribution is 0.126. The largest absolute Gasteiger partial charge is 0.307 e. The molecule has 0 aromatic carbocycles. The van der Waals surface area contributed by atoms with Crippen LogP contribution >= 0.6 is 0 Å². The van der Waals surface area contributed by atoms with Crippen LogP contribution in [0, 0.1) is 0 Å². The van der Waals surface area contributed by atoms with Gasteiger partial charge in [0, 0.05) is 12.6 Å². The Kier molecular flexibility index (Phi) is 5.07. The number of aromatic nitrogens is 2. The molecule has 0 atom stereocenters. The molecule has 1 aliphatic heterocycles. The molecule has 2 rings (SSSR count). The normalized spacial score (nSPS) is 17.9. The predicted molar refractivity (Wildman–Crippen MR) is 76.4 cm³/mol. The minimum Gasteiger partial charge on any atom is -0.307 e. The second-order valence-corrected chi connectivity index (χ2v) is 5.12. The molecule has 1 aromatic heterocycles. The Morgan fingerprint density at radius 1 is 1.37 bits per heavy atom. The van der Waals surface area contributed by atoms with Crippen LogP contribution in [0.4, 0.5) is 5.82 Å². The van der Waals surface area contributed by atoms with Gasteiger partial charge in [0.1, 0.15) is 0 Å². The van der Waals surface area contributed by atoms with Gasteiger partial charge in [-0.3, -0.25) is 9.88 Å². The highest BCUT2D eigenvalue weighted by Crippen LogP contribution is 2.16. The van der Waals surface area contributed by atoms with Crippen LogP contribution in [0.1, 0.15) is 25.5 Å². The van der Waals surface area contributed by atoms with Gasteiger partial charge in [0.25, 0.3) is 0 Å². The Morgan fingerprint density at radius 2 is 2.11 bits per heavy atom. The summed E-state index contributed by atoms with van der Waals surface area (Å²) in [6.07, 6.45) is 5.93. The first kappa shape index (κ1) is 14.2. The van der Waals surface area contributed by atoms with Crippen LogP contribution in [0.15, 0.2) is 12.4 Å². The van der Waals surface area contributed by atoms with E-state index < -0.39 is 0 Å². The molecule has 0 amide bonds. The SMILES string of the molecule is CCN1CCC(N(C)Cc2cnc(NN)cn2)CC1. The lowest BCUT2D eigenvalue weighted by Crippen LogP contribution is -2.43. The number of nitrogens with two attached hydrogens (primary N) is 1. The summed E-state index contributed by atoms with van der Waals surface area (Å²) in [6, 6.07) is 0.650. The highest BCUT2D eigenvalue weighted by Gasteiger charge is 2.21. The monoisotopic (exact) mass is 264 g/mol. The summed E-state index contributed by atoms with van der Waals surface area (Å²) in [5, 5.41) is 0. The van der Waals surface area contributed by atoms with Gasteiger partial charge in [0.15, 0.2) is 5.82 Å². The number of piperidine rings is 1. The molecule has 19 heavy (non-hydrogen) atoms. The molecule has 0 aliphatic carbocycles. The van der Waals surface area contributed by atoms with Crippen molar-refractivity contribution in [2.45, 2.75) is 32.4 Å². The van der Waals surface area contributed by atoms with Crippen molar-refractivity contribution in [3.8, 4) is 0 Å². The highest BCUT2D eigenvalue weighted by molar-refractivity contribution is 5.28. The summed E-state index contributed by atoms with van der Waals surface area (Å²) in [4.78, 5) is 13.4. The molecule has 0 radical (unpaired) electrons. The lowest BCUT2D eigenvalue weighted by atomic mass is 10.0. The van der Waals surface area contributed by atoms with Crippen LogP contribution in [-0.2, 0) is 6.54 Å². The summed E-state index contributed by atoms with van der Waals surface area (Å²) < 4.78 is 0. The van der Waals surface area contributed by atoms with Crippen LogP contribution in [-0.4, -0.2) is 52.5 Å². The maximum atomic E-state index is 5.28. The first-order valence-electron chi connectivity index (χ1n) is 6.93. The van der Waals surface area contributed by atoms with E-state index in [0.29, 0.717) is 11.9 Å². The zero-order valence-corrected chi connectivity index (χ0v) is 11.8. The van der Waals surface area contributed by atoms with Crippen molar-refractivity contribution in [2.24, 2.45) is 5.84 Å². The van der Waals surface area contributed by atoms with Crippen molar-refractivity contribution in [3.63, 3.8) is 0 Å². The molecule has 3 N–H and O–H groups in total. The fourth-order valence-corrected chi connectivity index (χ4v) is 2.57. The van der Waals surface area contributed by atoms with Crippen molar-refractivity contribution >= 4 is 5.82 Å². The van der Waals surface area contributed by atoms with Crippen LogP contribution in [0.2, 0.25) is 0 Å². The molecule has 1 fully saturated rings. The van der Waals surface area contributed by atoms with Gasteiger partial charge in [0.2, 0.25) is 0 Å². The van der Waals surface area contributed by atoms with Gasteiger partial charge in [-0.15, -0.1) is 0 Å². The molecule has 106 valence electrons. The molecule has 1 aliphatic rings. The second kappa shape index (κ2) is 6.79. The van der Waals surface area contributed by atoms with E-state index in [0.717, 1.165) is 18.8 Å². The summed E-state index contributed by atoms with van der Waals surface area (Å²) in [5.41, 5.74) is 3.47.